The molecule has 2 fully saturated rings. The molecule has 5 nitrogen and oxygen atoms in total. The van der Waals surface area contributed by atoms with Crippen LogP contribution in [0.5, 0.6) is 0 Å². The number of nitrogens with one attached hydrogen (secondary N) is 3. The van der Waals surface area contributed by atoms with E-state index in [-0.39, 0.29) is 17.9 Å². The van der Waals surface area contributed by atoms with Gasteiger partial charge in [0.25, 0.3) is 11.8 Å². The predicted octanol–water partition coefficient (Wildman–Crippen LogP) is -0.383. The quantitative estimate of drug-likeness (QED) is 0.622. The highest BCUT2D eigenvalue weighted by atomic mass is 16.2. The summed E-state index contributed by atoms with van der Waals surface area (Å²) in [6.07, 6.45) is 8.11. The van der Waals surface area contributed by atoms with Crippen LogP contribution in [0.2, 0.25) is 0 Å². The summed E-state index contributed by atoms with van der Waals surface area (Å²) in [7, 11) is 1.91. The van der Waals surface area contributed by atoms with Crippen LogP contribution in [-0.4, -0.2) is 43.5 Å². The highest BCUT2D eigenvalue weighted by Gasteiger charge is 2.28. The van der Waals surface area contributed by atoms with Crippen molar-refractivity contribution in [2.75, 3.05) is 13.6 Å². The van der Waals surface area contributed by atoms with E-state index in [2.05, 4.69) is 10.6 Å². The third kappa shape index (κ3) is 4.78. The van der Waals surface area contributed by atoms with Crippen LogP contribution in [0, 0.1) is 0 Å². The molecule has 2 aliphatic carbocycles. The lowest BCUT2D eigenvalue weighted by atomic mass is 9.95. The van der Waals surface area contributed by atoms with E-state index in [4.69, 9.17) is 0 Å². The zero-order valence-electron chi connectivity index (χ0n) is 12.7. The molecule has 2 atom stereocenters. The van der Waals surface area contributed by atoms with E-state index in [0.717, 1.165) is 30.6 Å². The van der Waals surface area contributed by atoms with E-state index in [1.807, 2.05) is 14.0 Å². The Morgan fingerprint density at radius 3 is 2.25 bits per heavy atom. The number of hydrogen-bond donors (Lipinski definition) is 3. The van der Waals surface area contributed by atoms with Gasteiger partial charge in [-0.3, -0.25) is 9.59 Å². The van der Waals surface area contributed by atoms with E-state index in [1.54, 1.807) is 0 Å². The summed E-state index contributed by atoms with van der Waals surface area (Å²) in [6.45, 7) is 2.27. The van der Waals surface area contributed by atoms with Gasteiger partial charge >= 0.3 is 0 Å². The lowest BCUT2D eigenvalue weighted by molar-refractivity contribution is -0.886. The SMILES string of the molecule is C[C@@H](C(=O)NC1CCCCC1)[NH+](C)CC(=O)NC1CC1. The maximum Gasteiger partial charge on any atom is 0.278 e. The molecule has 0 heterocycles. The van der Waals surface area contributed by atoms with Gasteiger partial charge in [-0.25, -0.2) is 0 Å². The summed E-state index contributed by atoms with van der Waals surface area (Å²) in [4.78, 5) is 24.9. The molecule has 2 saturated carbocycles. The van der Waals surface area contributed by atoms with Crippen LogP contribution in [0.25, 0.3) is 0 Å². The molecule has 5 heteroatoms. The van der Waals surface area contributed by atoms with Crippen molar-refractivity contribution in [3.63, 3.8) is 0 Å². The van der Waals surface area contributed by atoms with Crippen molar-refractivity contribution < 1.29 is 14.5 Å². The molecule has 0 aromatic carbocycles. The maximum absolute atomic E-state index is 12.2. The number of carbonyl (C=O) groups excluding carboxylic acids is 2. The van der Waals surface area contributed by atoms with Crippen molar-refractivity contribution in [1.29, 1.82) is 0 Å². The van der Waals surface area contributed by atoms with Gasteiger partial charge in [0, 0.05) is 12.1 Å². The van der Waals surface area contributed by atoms with Gasteiger partial charge in [-0.1, -0.05) is 19.3 Å². The normalized spacial score (nSPS) is 22.9. The first-order valence-electron chi connectivity index (χ1n) is 7.98. The van der Waals surface area contributed by atoms with Crippen LogP contribution in [-0.2, 0) is 9.59 Å². The number of rotatable bonds is 6. The molecule has 114 valence electrons. The first-order chi connectivity index (χ1) is 9.56. The van der Waals surface area contributed by atoms with Crippen LogP contribution in [0.4, 0.5) is 0 Å². The Hall–Kier alpha value is -1.10. The average molecular weight is 282 g/mol. The number of likely N-dealkylation sites (N-methyl/N-ethyl adjacent to an activating group) is 1. The van der Waals surface area contributed by atoms with Crippen LogP contribution < -0.4 is 15.5 Å². The van der Waals surface area contributed by atoms with E-state index in [9.17, 15) is 9.59 Å². The minimum atomic E-state index is -0.179. The summed E-state index contributed by atoms with van der Waals surface area (Å²) in [5, 5.41) is 6.10. The summed E-state index contributed by atoms with van der Waals surface area (Å²) in [5.41, 5.74) is 0. The molecule has 0 aromatic rings. The molecule has 0 aliphatic heterocycles. The molecule has 2 rings (SSSR count). The molecule has 2 aliphatic rings. The smallest absolute Gasteiger partial charge is 0.278 e. The highest BCUT2D eigenvalue weighted by molar-refractivity contribution is 5.81. The molecular weight excluding hydrogens is 254 g/mol. The Labute approximate surface area is 121 Å². The van der Waals surface area contributed by atoms with E-state index >= 15 is 0 Å². The summed E-state index contributed by atoms with van der Waals surface area (Å²) in [6, 6.07) is 0.551. The highest BCUT2D eigenvalue weighted by Crippen LogP contribution is 2.18. The molecule has 3 N–H and O–H groups in total. The van der Waals surface area contributed by atoms with Gasteiger partial charge in [0.05, 0.1) is 7.05 Å². The fraction of sp³-hybridized carbons (Fsp3) is 0.867. The minimum absolute atomic E-state index is 0.0577. The summed E-state index contributed by atoms with van der Waals surface area (Å²) in [5.74, 6) is 0.135. The Balaban J connectivity index is 1.71. The van der Waals surface area contributed by atoms with Crippen molar-refractivity contribution >= 4 is 11.8 Å². The van der Waals surface area contributed by atoms with Gasteiger partial charge in [0.15, 0.2) is 12.6 Å². The molecule has 0 saturated heterocycles. The van der Waals surface area contributed by atoms with Crippen LogP contribution in [0.3, 0.4) is 0 Å². The maximum atomic E-state index is 12.2. The molecule has 0 radical (unpaired) electrons. The number of quaternary nitrogens is 1. The van der Waals surface area contributed by atoms with Crippen LogP contribution in [0.1, 0.15) is 51.9 Å². The van der Waals surface area contributed by atoms with Crippen molar-refractivity contribution in [1.82, 2.24) is 10.6 Å². The van der Waals surface area contributed by atoms with Crippen molar-refractivity contribution in [2.45, 2.75) is 70.0 Å². The molecule has 0 bridgehead atoms. The van der Waals surface area contributed by atoms with Crippen molar-refractivity contribution in [3.8, 4) is 0 Å². The molecule has 2 amide bonds. The molecule has 0 aromatic heterocycles. The number of amides is 2. The Morgan fingerprint density at radius 2 is 1.65 bits per heavy atom. The topological polar surface area (TPSA) is 62.6 Å². The first-order valence-corrected chi connectivity index (χ1v) is 7.98. The molecule has 1 unspecified atom stereocenters. The molecule has 0 spiro atoms. The van der Waals surface area contributed by atoms with E-state index in [0.29, 0.717) is 18.6 Å². The van der Waals surface area contributed by atoms with Gasteiger partial charge < -0.3 is 15.5 Å². The van der Waals surface area contributed by atoms with E-state index in [1.165, 1.54) is 19.3 Å². The Kier molecular flexibility index (Phi) is 5.40. The zero-order chi connectivity index (χ0) is 14.5. The predicted molar refractivity (Wildman–Crippen MR) is 77.4 cm³/mol. The third-order valence-corrected chi connectivity index (χ3v) is 4.47. The lowest BCUT2D eigenvalue weighted by Gasteiger charge is -2.26. The average Bonchev–Trinajstić information content (AvgIpc) is 3.22. The zero-order valence-corrected chi connectivity index (χ0v) is 12.7. The second-order valence-corrected chi connectivity index (χ2v) is 6.43. The fourth-order valence-corrected chi connectivity index (χ4v) is 2.71. The van der Waals surface area contributed by atoms with Gasteiger partial charge in [-0.2, -0.15) is 0 Å². The summed E-state index contributed by atoms with van der Waals surface area (Å²) < 4.78 is 0. The van der Waals surface area contributed by atoms with Gasteiger partial charge in [-0.05, 0) is 32.6 Å². The standard InChI is InChI=1S/C15H27N3O2/c1-11(15(20)17-12-6-4-3-5-7-12)18(2)10-14(19)16-13-8-9-13/h11-13H,3-10H2,1-2H3,(H,16,19)(H,17,20)/p+1/t11-/m0/s1. The van der Waals surface area contributed by atoms with Gasteiger partial charge in [-0.15, -0.1) is 0 Å². The van der Waals surface area contributed by atoms with Gasteiger partial charge in [0.1, 0.15) is 0 Å². The lowest BCUT2D eigenvalue weighted by Crippen LogP contribution is -3.15. The number of hydrogen-bond acceptors (Lipinski definition) is 2. The monoisotopic (exact) mass is 282 g/mol. The van der Waals surface area contributed by atoms with E-state index < -0.39 is 0 Å². The fourth-order valence-electron chi connectivity index (χ4n) is 2.71. The van der Waals surface area contributed by atoms with Crippen molar-refractivity contribution in [2.24, 2.45) is 0 Å². The summed E-state index contributed by atoms with van der Waals surface area (Å²) >= 11 is 0. The Bertz CT molecular complexity index is 349. The third-order valence-electron chi connectivity index (χ3n) is 4.47. The minimum Gasteiger partial charge on any atom is -0.348 e. The second kappa shape index (κ2) is 7.07. The molecular formula is C15H28N3O2+. The van der Waals surface area contributed by atoms with Crippen molar-refractivity contribution in [3.05, 3.63) is 0 Å². The Morgan fingerprint density at radius 1 is 1.05 bits per heavy atom. The number of carbonyl (C=O) groups is 2. The van der Waals surface area contributed by atoms with Gasteiger partial charge in [0.2, 0.25) is 0 Å². The first kappa shape index (κ1) is 15.3. The second-order valence-electron chi connectivity index (χ2n) is 6.43. The molecule has 20 heavy (non-hydrogen) atoms. The van der Waals surface area contributed by atoms with Crippen LogP contribution >= 0.6 is 0 Å². The largest absolute Gasteiger partial charge is 0.348 e. The van der Waals surface area contributed by atoms with Crippen LogP contribution in [0.15, 0.2) is 0 Å².